The highest BCUT2D eigenvalue weighted by atomic mass is 79.9. The normalized spacial score (nSPS) is 10.3. The van der Waals surface area contributed by atoms with E-state index in [0.717, 1.165) is 10.5 Å². The smallest absolute Gasteiger partial charge is 0.256 e. The number of carbonyl (C=O) groups excluding carboxylic acids is 1. The fraction of sp³-hybridized carbons (Fsp3) is 0. The van der Waals surface area contributed by atoms with Gasteiger partial charge in [0.25, 0.3) is 5.91 Å². The van der Waals surface area contributed by atoms with Gasteiger partial charge in [0.2, 0.25) is 0 Å². The number of anilines is 2. The van der Waals surface area contributed by atoms with E-state index in [-0.39, 0.29) is 5.69 Å². The molecule has 0 aromatic heterocycles. The van der Waals surface area contributed by atoms with Crippen LogP contribution >= 0.6 is 31.9 Å². The average molecular weight is 388 g/mol. The first kappa shape index (κ1) is 14.0. The molecule has 0 aliphatic rings. The van der Waals surface area contributed by atoms with Gasteiger partial charge in [0.05, 0.1) is 11.3 Å². The van der Waals surface area contributed by atoms with Gasteiger partial charge in [-0.3, -0.25) is 4.79 Å². The molecule has 0 spiro atoms. The third-order valence-electron chi connectivity index (χ3n) is 2.42. The van der Waals surface area contributed by atoms with Crippen LogP contribution in [0, 0.1) is 5.82 Å². The van der Waals surface area contributed by atoms with Gasteiger partial charge in [-0.25, -0.2) is 4.39 Å². The largest absolute Gasteiger partial charge is 0.399 e. The molecule has 0 unspecified atom stereocenters. The molecule has 0 bridgehead atoms. The van der Waals surface area contributed by atoms with Crippen molar-refractivity contribution < 1.29 is 9.18 Å². The van der Waals surface area contributed by atoms with Crippen molar-refractivity contribution in [2.45, 2.75) is 0 Å². The van der Waals surface area contributed by atoms with E-state index in [2.05, 4.69) is 37.2 Å². The van der Waals surface area contributed by atoms with E-state index in [1.165, 1.54) is 12.1 Å². The maximum Gasteiger partial charge on any atom is 0.256 e. The van der Waals surface area contributed by atoms with Crippen LogP contribution in [-0.2, 0) is 0 Å². The van der Waals surface area contributed by atoms with Crippen LogP contribution in [-0.4, -0.2) is 5.91 Å². The molecular formula is C13H9Br2FN2O. The zero-order valence-corrected chi connectivity index (χ0v) is 12.8. The van der Waals surface area contributed by atoms with Gasteiger partial charge in [-0.1, -0.05) is 15.9 Å². The lowest BCUT2D eigenvalue weighted by atomic mass is 10.2. The van der Waals surface area contributed by atoms with Gasteiger partial charge in [0.1, 0.15) is 5.82 Å². The fourth-order valence-corrected chi connectivity index (χ4v) is 2.72. The van der Waals surface area contributed by atoms with Gasteiger partial charge in [0.15, 0.2) is 0 Å². The second kappa shape index (κ2) is 5.71. The summed E-state index contributed by atoms with van der Waals surface area (Å²) >= 11 is 6.58. The van der Waals surface area contributed by atoms with Crippen LogP contribution in [0.2, 0.25) is 0 Å². The predicted molar refractivity (Wildman–Crippen MR) is 80.6 cm³/mol. The van der Waals surface area contributed by atoms with Gasteiger partial charge < -0.3 is 11.1 Å². The van der Waals surface area contributed by atoms with E-state index in [1.807, 2.05) is 0 Å². The zero-order chi connectivity index (χ0) is 14.0. The van der Waals surface area contributed by atoms with Crippen molar-refractivity contribution in [2.24, 2.45) is 0 Å². The molecule has 0 fully saturated rings. The number of nitrogens with two attached hydrogens (primary N) is 1. The van der Waals surface area contributed by atoms with E-state index in [0.29, 0.717) is 15.7 Å². The standard InChI is InChI=1S/C13H9Br2FN2O/c14-7-1-3-9(10(15)5-7)13(19)18-12-4-2-8(17)6-11(12)16/h1-6H,17H2,(H,18,19). The van der Waals surface area contributed by atoms with Crippen molar-refractivity contribution in [1.82, 2.24) is 0 Å². The summed E-state index contributed by atoms with van der Waals surface area (Å²) in [5.41, 5.74) is 6.26. The van der Waals surface area contributed by atoms with E-state index in [1.54, 1.807) is 18.2 Å². The number of rotatable bonds is 2. The lowest BCUT2D eigenvalue weighted by Gasteiger charge is -2.08. The first-order valence-corrected chi connectivity index (χ1v) is 6.87. The molecule has 0 saturated heterocycles. The van der Waals surface area contributed by atoms with E-state index in [9.17, 15) is 9.18 Å². The maximum absolute atomic E-state index is 13.6. The Morgan fingerprint density at radius 3 is 2.53 bits per heavy atom. The molecular weight excluding hydrogens is 379 g/mol. The Morgan fingerprint density at radius 1 is 1.16 bits per heavy atom. The Kier molecular flexibility index (Phi) is 4.21. The van der Waals surface area contributed by atoms with Crippen molar-refractivity contribution in [3.8, 4) is 0 Å². The van der Waals surface area contributed by atoms with Crippen LogP contribution in [0.15, 0.2) is 45.3 Å². The summed E-state index contributed by atoms with van der Waals surface area (Å²) in [4.78, 5) is 12.0. The Hall–Kier alpha value is -1.40. The molecule has 3 nitrogen and oxygen atoms in total. The van der Waals surface area contributed by atoms with Gasteiger partial charge in [-0.05, 0) is 52.3 Å². The summed E-state index contributed by atoms with van der Waals surface area (Å²) in [6, 6.07) is 9.23. The molecule has 1 amide bonds. The SMILES string of the molecule is Nc1ccc(NC(=O)c2ccc(Br)cc2Br)c(F)c1. The van der Waals surface area contributed by atoms with Crippen LogP contribution in [0.1, 0.15) is 10.4 Å². The number of hydrogen-bond acceptors (Lipinski definition) is 2. The number of nitrogens with one attached hydrogen (secondary N) is 1. The van der Waals surface area contributed by atoms with E-state index >= 15 is 0 Å². The minimum Gasteiger partial charge on any atom is -0.399 e. The highest BCUT2D eigenvalue weighted by molar-refractivity contribution is 9.11. The number of amides is 1. The number of hydrogen-bond donors (Lipinski definition) is 2. The Labute approximate surface area is 126 Å². The number of nitrogen functional groups attached to an aromatic ring is 1. The molecule has 6 heteroatoms. The molecule has 2 rings (SSSR count). The topological polar surface area (TPSA) is 55.1 Å². The van der Waals surface area contributed by atoms with Crippen molar-refractivity contribution in [3.63, 3.8) is 0 Å². The molecule has 19 heavy (non-hydrogen) atoms. The van der Waals surface area contributed by atoms with Gasteiger partial charge >= 0.3 is 0 Å². The first-order chi connectivity index (χ1) is 8.97. The summed E-state index contributed by atoms with van der Waals surface area (Å²) in [7, 11) is 0. The van der Waals surface area contributed by atoms with Crippen molar-refractivity contribution >= 4 is 49.1 Å². The van der Waals surface area contributed by atoms with Crippen LogP contribution in [0.5, 0.6) is 0 Å². The molecule has 0 aliphatic carbocycles. The zero-order valence-electron chi connectivity index (χ0n) is 9.58. The quantitative estimate of drug-likeness (QED) is 0.759. The second-order valence-corrected chi connectivity index (χ2v) is 5.59. The molecule has 2 aromatic carbocycles. The molecule has 0 saturated carbocycles. The lowest BCUT2D eigenvalue weighted by molar-refractivity contribution is 0.102. The Balaban J connectivity index is 2.25. The minimum atomic E-state index is -0.568. The van der Waals surface area contributed by atoms with Crippen molar-refractivity contribution in [2.75, 3.05) is 11.1 Å². The molecule has 0 heterocycles. The van der Waals surface area contributed by atoms with Gasteiger partial charge in [-0.15, -0.1) is 0 Å². The molecule has 3 N–H and O–H groups in total. The average Bonchev–Trinajstić information content (AvgIpc) is 2.32. The minimum absolute atomic E-state index is 0.0917. The summed E-state index contributed by atoms with van der Waals surface area (Å²) in [5.74, 6) is -0.968. The van der Waals surface area contributed by atoms with Gasteiger partial charge in [-0.2, -0.15) is 0 Å². The highest BCUT2D eigenvalue weighted by Gasteiger charge is 2.12. The number of benzene rings is 2. The molecule has 2 aromatic rings. The first-order valence-electron chi connectivity index (χ1n) is 5.29. The second-order valence-electron chi connectivity index (χ2n) is 3.82. The van der Waals surface area contributed by atoms with E-state index in [4.69, 9.17) is 5.73 Å². The fourth-order valence-electron chi connectivity index (χ4n) is 1.50. The van der Waals surface area contributed by atoms with Crippen molar-refractivity contribution in [1.29, 1.82) is 0 Å². The lowest BCUT2D eigenvalue weighted by Crippen LogP contribution is -2.13. The predicted octanol–water partition coefficient (Wildman–Crippen LogP) is 4.19. The van der Waals surface area contributed by atoms with E-state index < -0.39 is 11.7 Å². The van der Waals surface area contributed by atoms with Crippen LogP contribution < -0.4 is 11.1 Å². The number of carbonyl (C=O) groups is 1. The van der Waals surface area contributed by atoms with Crippen LogP contribution in [0.4, 0.5) is 15.8 Å². The number of halogens is 3. The van der Waals surface area contributed by atoms with Crippen LogP contribution in [0.3, 0.4) is 0 Å². The monoisotopic (exact) mass is 386 g/mol. The van der Waals surface area contributed by atoms with Crippen LogP contribution in [0.25, 0.3) is 0 Å². The summed E-state index contributed by atoms with van der Waals surface area (Å²) in [6.07, 6.45) is 0. The molecule has 0 aliphatic heterocycles. The molecule has 0 radical (unpaired) electrons. The summed E-state index contributed by atoms with van der Waals surface area (Å²) in [6.45, 7) is 0. The van der Waals surface area contributed by atoms with Crippen molar-refractivity contribution in [3.05, 3.63) is 56.7 Å². The Bertz CT molecular complexity index is 647. The van der Waals surface area contributed by atoms with Gasteiger partial charge in [0, 0.05) is 14.6 Å². The molecule has 0 atom stereocenters. The summed E-state index contributed by atoms with van der Waals surface area (Å²) < 4.78 is 15.0. The molecule has 98 valence electrons. The summed E-state index contributed by atoms with van der Waals surface area (Å²) in [5, 5.41) is 2.50. The Morgan fingerprint density at radius 2 is 1.89 bits per heavy atom. The third kappa shape index (κ3) is 3.33. The third-order valence-corrected chi connectivity index (χ3v) is 3.57. The maximum atomic E-state index is 13.6. The highest BCUT2D eigenvalue weighted by Crippen LogP contribution is 2.24.